The maximum absolute atomic E-state index is 5.75. The zero-order chi connectivity index (χ0) is 15.2. The zero-order valence-electron chi connectivity index (χ0n) is 12.3. The van der Waals surface area contributed by atoms with Crippen molar-refractivity contribution in [1.29, 1.82) is 0 Å². The molecule has 1 N–H and O–H groups in total. The Morgan fingerprint density at radius 2 is 2.14 bits per heavy atom. The topological polar surface area (TPSA) is 56.3 Å². The second-order valence-corrected chi connectivity index (χ2v) is 4.83. The molecule has 0 saturated heterocycles. The van der Waals surface area contributed by atoms with Gasteiger partial charge in [0.15, 0.2) is 11.6 Å². The van der Waals surface area contributed by atoms with Gasteiger partial charge in [-0.3, -0.25) is 0 Å². The maximum atomic E-state index is 5.75. The van der Waals surface area contributed by atoms with E-state index in [1.54, 1.807) is 20.4 Å². The fourth-order valence-corrected chi connectivity index (χ4v) is 2.08. The molecule has 1 aromatic heterocycles. The van der Waals surface area contributed by atoms with Crippen molar-refractivity contribution in [3.8, 4) is 11.5 Å². The molecule has 0 aliphatic heterocycles. The van der Waals surface area contributed by atoms with Crippen LogP contribution in [0.5, 0.6) is 11.5 Å². The molecular weight excluding hydrogens is 290 g/mol. The summed E-state index contributed by atoms with van der Waals surface area (Å²) in [5.74, 6) is 2.01. The van der Waals surface area contributed by atoms with Crippen LogP contribution in [0.15, 0.2) is 24.4 Å². The van der Waals surface area contributed by atoms with Gasteiger partial charge in [0.2, 0.25) is 5.28 Å². The van der Waals surface area contributed by atoms with Gasteiger partial charge in [0.05, 0.1) is 19.9 Å². The van der Waals surface area contributed by atoms with Gasteiger partial charge < -0.3 is 14.8 Å². The van der Waals surface area contributed by atoms with Crippen LogP contribution in [0.4, 0.5) is 5.82 Å². The van der Waals surface area contributed by atoms with Gasteiger partial charge in [-0.15, -0.1) is 0 Å². The molecule has 0 aliphatic rings. The van der Waals surface area contributed by atoms with Crippen molar-refractivity contribution in [2.75, 3.05) is 26.1 Å². The quantitative estimate of drug-likeness (QED) is 0.831. The summed E-state index contributed by atoms with van der Waals surface area (Å²) in [4.78, 5) is 7.99. The van der Waals surface area contributed by atoms with Gasteiger partial charge in [-0.25, -0.2) is 4.98 Å². The lowest BCUT2D eigenvalue weighted by molar-refractivity contribution is 0.320. The van der Waals surface area contributed by atoms with Crippen LogP contribution in [0.2, 0.25) is 5.28 Å². The normalized spacial score (nSPS) is 10.3. The van der Waals surface area contributed by atoms with Crippen LogP contribution in [0, 0.1) is 6.92 Å². The Hall–Kier alpha value is -2.01. The summed E-state index contributed by atoms with van der Waals surface area (Å²) in [7, 11) is 3.42. The molecule has 0 aliphatic carbocycles. The minimum absolute atomic E-state index is 0.190. The van der Waals surface area contributed by atoms with Gasteiger partial charge in [0, 0.05) is 13.5 Å². The first-order chi connectivity index (χ1) is 10.1. The Labute approximate surface area is 129 Å². The van der Waals surface area contributed by atoms with Crippen molar-refractivity contribution in [2.24, 2.45) is 0 Å². The predicted molar refractivity (Wildman–Crippen MR) is 83.5 cm³/mol. The lowest BCUT2D eigenvalue weighted by Gasteiger charge is -2.11. The van der Waals surface area contributed by atoms with Crippen molar-refractivity contribution in [3.05, 3.63) is 40.8 Å². The van der Waals surface area contributed by atoms with Crippen molar-refractivity contribution >= 4 is 17.4 Å². The molecule has 1 heterocycles. The minimum atomic E-state index is 0.190. The number of rotatable bonds is 6. The van der Waals surface area contributed by atoms with Gasteiger partial charge in [-0.2, -0.15) is 4.98 Å². The van der Waals surface area contributed by atoms with Gasteiger partial charge >= 0.3 is 0 Å². The van der Waals surface area contributed by atoms with Crippen LogP contribution in [0.1, 0.15) is 11.1 Å². The first-order valence-electron chi connectivity index (χ1n) is 6.60. The number of halogens is 1. The SMILES string of the molecule is CNc1nc(Cl)ncc1OCCc1cc(OC)ccc1C. The van der Waals surface area contributed by atoms with Crippen LogP contribution in [-0.2, 0) is 6.42 Å². The Morgan fingerprint density at radius 1 is 1.33 bits per heavy atom. The van der Waals surface area contributed by atoms with E-state index in [1.807, 2.05) is 18.2 Å². The van der Waals surface area contributed by atoms with Crippen molar-refractivity contribution < 1.29 is 9.47 Å². The monoisotopic (exact) mass is 307 g/mol. The van der Waals surface area contributed by atoms with Gasteiger partial charge in [-0.1, -0.05) is 6.07 Å². The lowest BCUT2D eigenvalue weighted by atomic mass is 10.1. The number of ether oxygens (including phenoxy) is 2. The van der Waals surface area contributed by atoms with Crippen molar-refractivity contribution in [3.63, 3.8) is 0 Å². The molecule has 2 aromatic rings. The molecule has 1 aromatic carbocycles. The molecule has 0 fully saturated rings. The summed E-state index contributed by atoms with van der Waals surface area (Å²) in [6.45, 7) is 2.59. The third-order valence-electron chi connectivity index (χ3n) is 3.15. The number of methoxy groups -OCH3 is 1. The molecule has 0 unspecified atom stereocenters. The number of hydrogen-bond donors (Lipinski definition) is 1. The van der Waals surface area contributed by atoms with E-state index in [0.29, 0.717) is 18.2 Å². The van der Waals surface area contributed by atoms with E-state index in [-0.39, 0.29) is 5.28 Å². The van der Waals surface area contributed by atoms with Crippen molar-refractivity contribution in [2.45, 2.75) is 13.3 Å². The molecule has 0 saturated carbocycles. The Morgan fingerprint density at radius 3 is 2.86 bits per heavy atom. The Kier molecular flexibility index (Phi) is 5.22. The number of anilines is 1. The van der Waals surface area contributed by atoms with Crippen LogP contribution < -0.4 is 14.8 Å². The summed E-state index contributed by atoms with van der Waals surface area (Å²) in [6.07, 6.45) is 2.34. The highest BCUT2D eigenvalue weighted by Gasteiger charge is 2.07. The smallest absolute Gasteiger partial charge is 0.224 e. The first kappa shape index (κ1) is 15.4. The number of aromatic nitrogens is 2. The summed E-state index contributed by atoms with van der Waals surface area (Å²) < 4.78 is 11.0. The molecule has 0 bridgehead atoms. The highest BCUT2D eigenvalue weighted by Crippen LogP contribution is 2.23. The Balaban J connectivity index is 2.01. The van der Waals surface area contributed by atoms with Crippen LogP contribution in [0.3, 0.4) is 0 Å². The zero-order valence-corrected chi connectivity index (χ0v) is 13.1. The number of hydrogen-bond acceptors (Lipinski definition) is 5. The predicted octanol–water partition coefficient (Wildman–Crippen LogP) is 3.11. The van der Waals surface area contributed by atoms with E-state index in [1.165, 1.54) is 11.1 Å². The second kappa shape index (κ2) is 7.13. The standard InChI is InChI=1S/C15H18ClN3O2/c1-10-4-5-12(20-3)8-11(10)6-7-21-13-9-18-15(16)19-14(13)17-2/h4-5,8-9H,6-7H2,1-3H3,(H,17,18,19). The first-order valence-corrected chi connectivity index (χ1v) is 6.98. The average Bonchev–Trinajstić information content (AvgIpc) is 2.50. The van der Waals surface area contributed by atoms with Gasteiger partial charge in [-0.05, 0) is 41.8 Å². The van der Waals surface area contributed by atoms with E-state index in [4.69, 9.17) is 21.1 Å². The van der Waals surface area contributed by atoms with E-state index >= 15 is 0 Å². The molecule has 0 radical (unpaired) electrons. The summed E-state index contributed by atoms with van der Waals surface area (Å²) in [5.41, 5.74) is 2.40. The second-order valence-electron chi connectivity index (χ2n) is 4.49. The molecule has 21 heavy (non-hydrogen) atoms. The average molecular weight is 308 g/mol. The largest absolute Gasteiger partial charge is 0.497 e. The summed E-state index contributed by atoms with van der Waals surface area (Å²) in [6, 6.07) is 6.01. The van der Waals surface area contributed by atoms with Gasteiger partial charge in [0.25, 0.3) is 0 Å². The number of nitrogens with one attached hydrogen (secondary N) is 1. The fraction of sp³-hybridized carbons (Fsp3) is 0.333. The van der Waals surface area contributed by atoms with Crippen LogP contribution in [0.25, 0.3) is 0 Å². The molecule has 0 amide bonds. The van der Waals surface area contributed by atoms with E-state index < -0.39 is 0 Å². The van der Waals surface area contributed by atoms with E-state index in [9.17, 15) is 0 Å². The third-order valence-corrected chi connectivity index (χ3v) is 3.33. The number of nitrogens with zero attached hydrogens (tertiary/aromatic N) is 2. The molecule has 0 spiro atoms. The number of aryl methyl sites for hydroxylation is 1. The summed E-state index contributed by atoms with van der Waals surface area (Å²) in [5, 5.41) is 3.12. The fourth-order valence-electron chi connectivity index (χ4n) is 1.95. The van der Waals surface area contributed by atoms with Gasteiger partial charge in [0.1, 0.15) is 5.75 Å². The highest BCUT2D eigenvalue weighted by atomic mass is 35.5. The van der Waals surface area contributed by atoms with Crippen LogP contribution in [-0.4, -0.2) is 30.7 Å². The molecule has 112 valence electrons. The van der Waals surface area contributed by atoms with E-state index in [2.05, 4.69) is 22.2 Å². The molecular formula is C15H18ClN3O2. The minimum Gasteiger partial charge on any atom is -0.497 e. The maximum Gasteiger partial charge on any atom is 0.224 e. The van der Waals surface area contributed by atoms with Crippen molar-refractivity contribution in [1.82, 2.24) is 9.97 Å². The molecule has 5 nitrogen and oxygen atoms in total. The molecule has 2 rings (SSSR count). The lowest BCUT2D eigenvalue weighted by Crippen LogP contribution is -2.06. The van der Waals surface area contributed by atoms with Crippen LogP contribution >= 0.6 is 11.6 Å². The molecule has 6 heteroatoms. The summed E-state index contributed by atoms with van der Waals surface area (Å²) >= 11 is 5.75. The highest BCUT2D eigenvalue weighted by molar-refractivity contribution is 6.28. The third kappa shape index (κ3) is 3.98. The molecule has 0 atom stereocenters. The number of benzene rings is 1. The Bertz CT molecular complexity index is 620. The van der Waals surface area contributed by atoms with E-state index in [0.717, 1.165) is 12.2 Å².